The molecule has 0 fully saturated rings. The molecule has 17 heavy (non-hydrogen) atoms. The highest BCUT2D eigenvalue weighted by molar-refractivity contribution is 6.04. The Morgan fingerprint density at radius 1 is 1.06 bits per heavy atom. The topological polar surface area (TPSA) is 33.4 Å². The Morgan fingerprint density at radius 2 is 1.82 bits per heavy atom. The van der Waals surface area contributed by atoms with Gasteiger partial charge < -0.3 is 9.52 Å². The highest BCUT2D eigenvalue weighted by atomic mass is 16.3. The summed E-state index contributed by atoms with van der Waals surface area (Å²) in [7, 11) is 0. The number of para-hydroxylation sites is 1. The summed E-state index contributed by atoms with van der Waals surface area (Å²) in [6.45, 7) is 1.97. The predicted octanol–water partition coefficient (Wildman–Crippen LogP) is 4.03. The Morgan fingerprint density at radius 3 is 2.65 bits per heavy atom. The summed E-state index contributed by atoms with van der Waals surface area (Å²) in [5.74, 6) is 0. The maximum atomic E-state index is 9.82. The number of rotatable bonds is 2. The van der Waals surface area contributed by atoms with Gasteiger partial charge >= 0.3 is 0 Å². The van der Waals surface area contributed by atoms with Gasteiger partial charge in [-0.15, -0.1) is 0 Å². The van der Waals surface area contributed by atoms with Gasteiger partial charge in [-0.05, 0) is 24.1 Å². The van der Waals surface area contributed by atoms with Crippen LogP contribution < -0.4 is 0 Å². The van der Waals surface area contributed by atoms with Crippen LogP contribution in [0.3, 0.4) is 0 Å². The van der Waals surface area contributed by atoms with Crippen LogP contribution in [0.2, 0.25) is 0 Å². The van der Waals surface area contributed by atoms with Crippen molar-refractivity contribution >= 4 is 21.9 Å². The van der Waals surface area contributed by atoms with Crippen molar-refractivity contribution in [3.05, 3.63) is 48.0 Å². The first-order valence-electron chi connectivity index (χ1n) is 5.89. The van der Waals surface area contributed by atoms with Crippen LogP contribution in [-0.4, -0.2) is 5.11 Å². The van der Waals surface area contributed by atoms with E-state index in [9.17, 15) is 5.11 Å². The van der Waals surface area contributed by atoms with Crippen molar-refractivity contribution < 1.29 is 9.52 Å². The van der Waals surface area contributed by atoms with Crippen molar-refractivity contribution in [2.75, 3.05) is 0 Å². The third kappa shape index (κ3) is 1.61. The lowest BCUT2D eigenvalue weighted by Gasteiger charge is -2.06. The maximum absolute atomic E-state index is 9.82. The molecule has 0 radical (unpaired) electrons. The first-order valence-corrected chi connectivity index (χ1v) is 5.89. The molecule has 0 unspecified atom stereocenters. The average Bonchev–Trinajstić information content (AvgIpc) is 2.75. The Hall–Kier alpha value is -1.80. The van der Waals surface area contributed by atoms with Crippen LogP contribution in [0.4, 0.5) is 0 Å². The van der Waals surface area contributed by atoms with Gasteiger partial charge in [0.15, 0.2) is 0 Å². The largest absolute Gasteiger partial charge is 0.456 e. The van der Waals surface area contributed by atoms with Gasteiger partial charge in [0.2, 0.25) is 0 Å². The summed E-state index contributed by atoms with van der Waals surface area (Å²) < 4.78 is 5.78. The van der Waals surface area contributed by atoms with E-state index in [1.54, 1.807) is 0 Å². The van der Waals surface area contributed by atoms with E-state index >= 15 is 0 Å². The van der Waals surface area contributed by atoms with Gasteiger partial charge in [-0.25, -0.2) is 0 Å². The smallest absolute Gasteiger partial charge is 0.135 e. The molecular formula is C15H14O2. The Balaban J connectivity index is 2.26. The third-order valence-electron chi connectivity index (χ3n) is 3.17. The second-order valence-corrected chi connectivity index (χ2v) is 4.28. The minimum absolute atomic E-state index is 0.410. The van der Waals surface area contributed by atoms with Gasteiger partial charge in [-0.3, -0.25) is 0 Å². The Kier molecular flexibility index (Phi) is 2.37. The number of fused-ring (bicyclic) bond motifs is 3. The summed E-state index contributed by atoms with van der Waals surface area (Å²) in [5, 5.41) is 12.1. The van der Waals surface area contributed by atoms with Crippen LogP contribution in [0.1, 0.15) is 25.0 Å². The Labute approximate surface area is 99.5 Å². The van der Waals surface area contributed by atoms with Crippen molar-refractivity contribution in [3.8, 4) is 0 Å². The van der Waals surface area contributed by atoms with Gasteiger partial charge in [0.25, 0.3) is 0 Å². The van der Waals surface area contributed by atoms with Crippen LogP contribution in [0.25, 0.3) is 21.9 Å². The molecule has 1 atom stereocenters. The molecule has 0 aliphatic rings. The van der Waals surface area contributed by atoms with E-state index in [0.717, 1.165) is 27.5 Å². The third-order valence-corrected chi connectivity index (χ3v) is 3.17. The summed E-state index contributed by atoms with van der Waals surface area (Å²) in [6.07, 6.45) is 0.304. The van der Waals surface area contributed by atoms with Crippen LogP contribution in [0.5, 0.6) is 0 Å². The van der Waals surface area contributed by atoms with Crippen molar-refractivity contribution in [3.63, 3.8) is 0 Å². The minimum atomic E-state index is -0.410. The minimum Gasteiger partial charge on any atom is -0.456 e. The van der Waals surface area contributed by atoms with E-state index in [1.165, 1.54) is 0 Å². The average molecular weight is 226 g/mol. The summed E-state index contributed by atoms with van der Waals surface area (Å²) in [6, 6.07) is 13.9. The van der Waals surface area contributed by atoms with Crippen LogP contribution >= 0.6 is 0 Å². The Bertz CT molecular complexity index is 667. The summed E-state index contributed by atoms with van der Waals surface area (Å²) in [4.78, 5) is 0. The fourth-order valence-corrected chi connectivity index (χ4v) is 2.19. The SMILES string of the molecule is CC[C@H](O)c1ccc2c(c1)oc1ccccc12. The highest BCUT2D eigenvalue weighted by Gasteiger charge is 2.10. The molecular weight excluding hydrogens is 212 g/mol. The molecule has 2 nitrogen and oxygen atoms in total. The van der Waals surface area contributed by atoms with E-state index in [0.29, 0.717) is 6.42 Å². The van der Waals surface area contributed by atoms with Gasteiger partial charge in [0, 0.05) is 10.8 Å². The quantitative estimate of drug-likeness (QED) is 0.715. The second kappa shape index (κ2) is 3.90. The van der Waals surface area contributed by atoms with Gasteiger partial charge in [-0.2, -0.15) is 0 Å². The zero-order valence-electron chi connectivity index (χ0n) is 9.68. The van der Waals surface area contributed by atoms with Crippen molar-refractivity contribution in [2.24, 2.45) is 0 Å². The molecule has 3 aromatic rings. The van der Waals surface area contributed by atoms with E-state index in [-0.39, 0.29) is 0 Å². The number of benzene rings is 2. The van der Waals surface area contributed by atoms with Crippen molar-refractivity contribution in [2.45, 2.75) is 19.4 Å². The summed E-state index contributed by atoms with van der Waals surface area (Å²) >= 11 is 0. The van der Waals surface area contributed by atoms with Gasteiger partial charge in [0.1, 0.15) is 11.2 Å². The summed E-state index contributed by atoms with van der Waals surface area (Å²) in [5.41, 5.74) is 2.65. The van der Waals surface area contributed by atoms with E-state index in [1.807, 2.05) is 43.3 Å². The molecule has 0 saturated carbocycles. The molecule has 0 aliphatic heterocycles. The molecule has 0 aliphatic carbocycles. The number of aliphatic hydroxyl groups excluding tert-OH is 1. The first-order chi connectivity index (χ1) is 8.29. The molecule has 0 bridgehead atoms. The molecule has 3 rings (SSSR count). The zero-order chi connectivity index (χ0) is 11.8. The number of hydrogen-bond acceptors (Lipinski definition) is 2. The molecule has 0 amide bonds. The second-order valence-electron chi connectivity index (χ2n) is 4.28. The number of hydrogen-bond donors (Lipinski definition) is 1. The molecule has 1 heterocycles. The van der Waals surface area contributed by atoms with Gasteiger partial charge in [0.05, 0.1) is 6.10 Å². The van der Waals surface area contributed by atoms with Gasteiger partial charge in [-0.1, -0.05) is 37.3 Å². The number of furan rings is 1. The standard InChI is InChI=1S/C15H14O2/c1-2-13(16)10-7-8-12-11-5-3-4-6-14(11)17-15(12)9-10/h3-9,13,16H,2H2,1H3/t13-/m0/s1. The monoisotopic (exact) mass is 226 g/mol. The molecule has 86 valence electrons. The van der Waals surface area contributed by atoms with Crippen molar-refractivity contribution in [1.82, 2.24) is 0 Å². The molecule has 2 aromatic carbocycles. The van der Waals surface area contributed by atoms with Crippen LogP contribution in [-0.2, 0) is 0 Å². The first kappa shape index (κ1) is 10.4. The van der Waals surface area contributed by atoms with E-state index in [4.69, 9.17) is 4.42 Å². The number of aliphatic hydroxyl groups is 1. The molecule has 1 N–H and O–H groups in total. The normalized spacial score (nSPS) is 13.3. The predicted molar refractivity (Wildman–Crippen MR) is 69.0 cm³/mol. The zero-order valence-corrected chi connectivity index (χ0v) is 9.68. The van der Waals surface area contributed by atoms with Crippen LogP contribution in [0, 0.1) is 0 Å². The molecule has 2 heteroatoms. The lowest BCUT2D eigenvalue weighted by atomic mass is 10.0. The van der Waals surface area contributed by atoms with E-state index < -0.39 is 6.10 Å². The molecule has 0 spiro atoms. The fraction of sp³-hybridized carbons (Fsp3) is 0.200. The van der Waals surface area contributed by atoms with Crippen LogP contribution in [0.15, 0.2) is 46.9 Å². The molecule has 0 saturated heterocycles. The van der Waals surface area contributed by atoms with E-state index in [2.05, 4.69) is 6.07 Å². The maximum Gasteiger partial charge on any atom is 0.135 e. The lowest BCUT2D eigenvalue weighted by molar-refractivity contribution is 0.174. The lowest BCUT2D eigenvalue weighted by Crippen LogP contribution is -1.93. The molecule has 1 aromatic heterocycles. The fourth-order valence-electron chi connectivity index (χ4n) is 2.19. The highest BCUT2D eigenvalue weighted by Crippen LogP contribution is 2.30. The van der Waals surface area contributed by atoms with Crippen molar-refractivity contribution in [1.29, 1.82) is 0 Å².